The second-order valence-electron chi connectivity index (χ2n) is 1.66. The number of imidazole rings is 1. The molecule has 0 aliphatic carbocycles. The van der Waals surface area contributed by atoms with Gasteiger partial charge in [0.15, 0.2) is 5.82 Å². The van der Waals surface area contributed by atoms with Crippen molar-refractivity contribution in [3.8, 4) is 5.88 Å². The first-order valence-electron chi connectivity index (χ1n) is 2.63. The van der Waals surface area contributed by atoms with Gasteiger partial charge in [-0.15, -0.1) is 0 Å². The fourth-order valence-electron chi connectivity index (χ4n) is 0.533. The van der Waals surface area contributed by atoms with Crippen molar-refractivity contribution in [3.05, 3.63) is 12.0 Å². The van der Waals surface area contributed by atoms with Gasteiger partial charge in [0.1, 0.15) is 0 Å². The fraction of sp³-hybridized carbons (Fsp3) is 0.200. The zero-order valence-electron chi connectivity index (χ0n) is 5.42. The highest BCUT2D eigenvalue weighted by atomic mass is 16.5. The van der Waals surface area contributed by atoms with Crippen molar-refractivity contribution in [1.82, 2.24) is 9.97 Å². The largest absolute Gasteiger partial charge is 0.481 e. The Bertz CT molecular complexity index is 243. The number of amides is 1. The lowest BCUT2D eigenvalue weighted by atomic mass is 10.6. The van der Waals surface area contributed by atoms with Crippen LogP contribution in [0.2, 0.25) is 0 Å². The molecule has 3 N–H and O–H groups in total. The number of hydrogen-bond acceptors (Lipinski definition) is 3. The predicted octanol–water partition coefficient (Wildman–Crippen LogP) is -0.483. The number of nitrogens with two attached hydrogens (primary N) is 1. The van der Waals surface area contributed by atoms with E-state index in [9.17, 15) is 4.79 Å². The Morgan fingerprint density at radius 1 is 1.90 bits per heavy atom. The van der Waals surface area contributed by atoms with Gasteiger partial charge in [0.05, 0.1) is 13.3 Å². The summed E-state index contributed by atoms with van der Waals surface area (Å²) in [6.45, 7) is 0. The molecule has 5 heteroatoms. The Hall–Kier alpha value is -1.52. The van der Waals surface area contributed by atoms with E-state index < -0.39 is 5.91 Å². The Morgan fingerprint density at radius 2 is 2.60 bits per heavy atom. The molecule has 1 heterocycles. The molecular formula is C5H7N3O2. The number of aromatic amines is 1. The second kappa shape index (κ2) is 2.38. The molecule has 0 aliphatic heterocycles. The van der Waals surface area contributed by atoms with Crippen LogP contribution in [0.5, 0.6) is 5.88 Å². The van der Waals surface area contributed by atoms with Crippen LogP contribution in [0.25, 0.3) is 0 Å². The minimum absolute atomic E-state index is 0.108. The lowest BCUT2D eigenvalue weighted by Crippen LogP contribution is -2.12. The number of methoxy groups -OCH3 is 1. The van der Waals surface area contributed by atoms with E-state index in [1.54, 1.807) is 0 Å². The standard InChI is InChI=1S/C5H7N3O2/c1-10-3-2-7-5(8-3)4(6)9/h2H,1H3,(H2,6,9)(H,7,8). The molecule has 1 amide bonds. The van der Waals surface area contributed by atoms with Crippen LogP contribution in [0.15, 0.2) is 6.20 Å². The first-order chi connectivity index (χ1) is 4.74. The van der Waals surface area contributed by atoms with E-state index >= 15 is 0 Å². The molecule has 5 nitrogen and oxygen atoms in total. The molecule has 1 aromatic heterocycles. The molecule has 0 atom stereocenters. The molecule has 0 spiro atoms. The van der Waals surface area contributed by atoms with Crippen LogP contribution in [-0.4, -0.2) is 23.0 Å². The molecule has 0 saturated carbocycles. The summed E-state index contributed by atoms with van der Waals surface area (Å²) in [5, 5.41) is 0. The van der Waals surface area contributed by atoms with Gasteiger partial charge < -0.3 is 15.5 Å². The minimum Gasteiger partial charge on any atom is -0.481 e. The first kappa shape index (κ1) is 6.60. The number of ether oxygens (including phenoxy) is 1. The smallest absolute Gasteiger partial charge is 0.284 e. The Kier molecular flexibility index (Phi) is 1.57. The molecule has 1 rings (SSSR count). The summed E-state index contributed by atoms with van der Waals surface area (Å²) in [7, 11) is 1.47. The van der Waals surface area contributed by atoms with Gasteiger partial charge in [-0.25, -0.2) is 4.98 Å². The molecule has 0 bridgehead atoms. The van der Waals surface area contributed by atoms with Gasteiger partial charge in [-0.05, 0) is 0 Å². The van der Waals surface area contributed by atoms with Crippen molar-refractivity contribution < 1.29 is 9.53 Å². The summed E-state index contributed by atoms with van der Waals surface area (Å²) in [4.78, 5) is 16.6. The third-order valence-electron chi connectivity index (χ3n) is 1.01. The lowest BCUT2D eigenvalue weighted by Gasteiger charge is -1.89. The summed E-state index contributed by atoms with van der Waals surface area (Å²) in [5.41, 5.74) is 4.89. The zero-order valence-corrected chi connectivity index (χ0v) is 5.42. The Balaban J connectivity index is 2.88. The molecule has 0 radical (unpaired) electrons. The van der Waals surface area contributed by atoms with E-state index in [4.69, 9.17) is 10.5 Å². The van der Waals surface area contributed by atoms with Crippen molar-refractivity contribution in [2.24, 2.45) is 5.73 Å². The number of primary amides is 1. The van der Waals surface area contributed by atoms with Crippen LogP contribution < -0.4 is 10.5 Å². The van der Waals surface area contributed by atoms with Crippen molar-refractivity contribution in [1.29, 1.82) is 0 Å². The maximum Gasteiger partial charge on any atom is 0.284 e. The number of carbonyl (C=O) groups is 1. The average Bonchev–Trinajstić information content (AvgIpc) is 2.34. The van der Waals surface area contributed by atoms with Crippen molar-refractivity contribution >= 4 is 5.91 Å². The topological polar surface area (TPSA) is 81.0 Å². The van der Waals surface area contributed by atoms with E-state index in [1.807, 2.05) is 0 Å². The minimum atomic E-state index is -0.594. The number of nitrogens with zero attached hydrogens (tertiary/aromatic N) is 1. The Morgan fingerprint density at radius 3 is 2.90 bits per heavy atom. The lowest BCUT2D eigenvalue weighted by molar-refractivity contribution is 0.0991. The number of H-pyrrole nitrogens is 1. The zero-order chi connectivity index (χ0) is 7.56. The van der Waals surface area contributed by atoms with Crippen molar-refractivity contribution in [2.75, 3.05) is 7.11 Å². The van der Waals surface area contributed by atoms with Gasteiger partial charge in [0.25, 0.3) is 5.91 Å². The number of hydrogen-bond donors (Lipinski definition) is 2. The molecule has 0 aromatic carbocycles. The molecule has 54 valence electrons. The van der Waals surface area contributed by atoms with E-state index in [1.165, 1.54) is 13.3 Å². The van der Waals surface area contributed by atoms with Gasteiger partial charge in [-0.1, -0.05) is 0 Å². The maximum absolute atomic E-state index is 10.4. The van der Waals surface area contributed by atoms with Gasteiger partial charge in [-0.3, -0.25) is 4.79 Å². The summed E-state index contributed by atoms with van der Waals surface area (Å²) < 4.78 is 4.72. The number of carbonyl (C=O) groups excluding carboxylic acids is 1. The number of rotatable bonds is 2. The highest BCUT2D eigenvalue weighted by Gasteiger charge is 2.04. The van der Waals surface area contributed by atoms with Crippen LogP contribution in [0, 0.1) is 0 Å². The SMILES string of the molecule is COc1cnc(C(N)=O)[nH]1. The molecule has 0 saturated heterocycles. The predicted molar refractivity (Wildman–Crippen MR) is 33.7 cm³/mol. The summed E-state index contributed by atoms with van der Waals surface area (Å²) in [5.74, 6) is -0.0612. The normalized spacial score (nSPS) is 9.30. The molecule has 0 aliphatic rings. The number of aromatic nitrogens is 2. The summed E-state index contributed by atoms with van der Waals surface area (Å²) in [6.07, 6.45) is 1.39. The van der Waals surface area contributed by atoms with E-state index in [0.717, 1.165) is 0 Å². The Labute approximate surface area is 57.2 Å². The highest BCUT2D eigenvalue weighted by molar-refractivity contribution is 5.88. The van der Waals surface area contributed by atoms with Crippen LogP contribution in [-0.2, 0) is 0 Å². The van der Waals surface area contributed by atoms with Crippen LogP contribution in [0.4, 0.5) is 0 Å². The van der Waals surface area contributed by atoms with Gasteiger partial charge in [0, 0.05) is 0 Å². The fourth-order valence-corrected chi connectivity index (χ4v) is 0.533. The quantitative estimate of drug-likeness (QED) is 0.583. The molecule has 10 heavy (non-hydrogen) atoms. The van der Waals surface area contributed by atoms with E-state index in [2.05, 4.69) is 9.97 Å². The summed E-state index contributed by atoms with van der Waals surface area (Å²) in [6, 6.07) is 0. The molecule has 0 fully saturated rings. The maximum atomic E-state index is 10.4. The van der Waals surface area contributed by atoms with Gasteiger partial charge in [-0.2, -0.15) is 0 Å². The van der Waals surface area contributed by atoms with Crippen LogP contribution in [0.1, 0.15) is 10.6 Å². The average molecular weight is 141 g/mol. The van der Waals surface area contributed by atoms with Crippen LogP contribution in [0.3, 0.4) is 0 Å². The van der Waals surface area contributed by atoms with Gasteiger partial charge >= 0.3 is 0 Å². The van der Waals surface area contributed by atoms with Crippen LogP contribution >= 0.6 is 0 Å². The first-order valence-corrected chi connectivity index (χ1v) is 2.63. The third-order valence-corrected chi connectivity index (χ3v) is 1.01. The number of nitrogens with one attached hydrogen (secondary N) is 1. The molecule has 0 unspecified atom stereocenters. The molecule has 1 aromatic rings. The highest BCUT2D eigenvalue weighted by Crippen LogP contribution is 2.03. The second-order valence-corrected chi connectivity index (χ2v) is 1.66. The third kappa shape index (κ3) is 1.07. The molecular weight excluding hydrogens is 134 g/mol. The monoisotopic (exact) mass is 141 g/mol. The van der Waals surface area contributed by atoms with Crippen molar-refractivity contribution in [2.45, 2.75) is 0 Å². The van der Waals surface area contributed by atoms with Crippen molar-refractivity contribution in [3.63, 3.8) is 0 Å². The van der Waals surface area contributed by atoms with E-state index in [0.29, 0.717) is 5.88 Å². The van der Waals surface area contributed by atoms with Gasteiger partial charge in [0.2, 0.25) is 5.88 Å². The summed E-state index contributed by atoms with van der Waals surface area (Å²) >= 11 is 0. The van der Waals surface area contributed by atoms with E-state index in [-0.39, 0.29) is 5.82 Å².